The first kappa shape index (κ1) is 18.9. The van der Waals surface area contributed by atoms with Gasteiger partial charge in [-0.2, -0.15) is 4.31 Å². The van der Waals surface area contributed by atoms with E-state index in [1.54, 1.807) is 12.1 Å². The van der Waals surface area contributed by atoms with Gasteiger partial charge >= 0.3 is 0 Å². The second-order valence-electron chi connectivity index (χ2n) is 6.85. The molecule has 1 heterocycles. The van der Waals surface area contributed by atoms with E-state index in [0.717, 1.165) is 32.1 Å². The lowest BCUT2D eigenvalue weighted by Gasteiger charge is -2.26. The zero-order valence-corrected chi connectivity index (χ0v) is 15.9. The third-order valence-corrected chi connectivity index (χ3v) is 6.86. The highest BCUT2D eigenvalue weighted by molar-refractivity contribution is 7.89. The number of carbonyl (C=O) groups excluding carboxylic acids is 1. The Kier molecular flexibility index (Phi) is 5.98. The van der Waals surface area contributed by atoms with Crippen molar-refractivity contribution in [2.75, 3.05) is 25.5 Å². The molecule has 1 atom stereocenters. The predicted octanol–water partition coefficient (Wildman–Crippen LogP) is 3.16. The monoisotopic (exact) mass is 378 g/mol. The minimum Gasteiger partial charge on any atom is -0.495 e. The molecule has 142 valence electrons. The number of piperidine rings is 1. The minimum atomic E-state index is -3.64. The summed E-state index contributed by atoms with van der Waals surface area (Å²) in [6, 6.07) is 4.78. The van der Waals surface area contributed by atoms with Gasteiger partial charge in [0.05, 0.1) is 7.11 Å². The van der Waals surface area contributed by atoms with Gasteiger partial charge in [-0.25, -0.2) is 8.42 Å². The van der Waals surface area contributed by atoms with Crippen molar-refractivity contribution in [3.05, 3.63) is 30.4 Å². The number of carbonyl (C=O) groups is 1. The third-order valence-electron chi connectivity index (χ3n) is 4.94. The molecule has 26 heavy (non-hydrogen) atoms. The maximum atomic E-state index is 13.0. The van der Waals surface area contributed by atoms with E-state index in [-0.39, 0.29) is 16.7 Å². The Balaban J connectivity index is 1.79. The topological polar surface area (TPSA) is 75.7 Å². The maximum Gasteiger partial charge on any atom is 0.246 e. The summed E-state index contributed by atoms with van der Waals surface area (Å²) >= 11 is 0. The number of methoxy groups -OCH3 is 1. The Morgan fingerprint density at radius 1 is 1.27 bits per heavy atom. The summed E-state index contributed by atoms with van der Waals surface area (Å²) in [5.41, 5.74) is 0.480. The second-order valence-corrected chi connectivity index (χ2v) is 8.75. The number of benzene rings is 1. The van der Waals surface area contributed by atoms with Crippen LogP contribution in [0.5, 0.6) is 5.75 Å². The van der Waals surface area contributed by atoms with Crippen molar-refractivity contribution in [1.29, 1.82) is 0 Å². The lowest BCUT2D eigenvalue weighted by Crippen LogP contribution is -2.35. The summed E-state index contributed by atoms with van der Waals surface area (Å²) in [5, 5.41) is 2.82. The molecule has 3 rings (SSSR count). The third kappa shape index (κ3) is 4.27. The number of sulfonamides is 1. The molecule has 1 aliphatic carbocycles. The Hall–Kier alpha value is -1.86. The minimum absolute atomic E-state index is 0.104. The second kappa shape index (κ2) is 8.22. The SMILES string of the molecule is COc1ccc(NC(=O)C[C@H]2C=CCC2)cc1S(=O)(=O)N1CCCCC1. The molecule has 0 bridgehead atoms. The molecule has 2 aliphatic rings. The van der Waals surface area contributed by atoms with Gasteiger partial charge in [-0.05, 0) is 49.8 Å². The molecule has 1 aromatic rings. The summed E-state index contributed by atoms with van der Waals surface area (Å²) in [6.45, 7) is 1.05. The molecule has 7 heteroatoms. The van der Waals surface area contributed by atoms with Crippen LogP contribution in [0.4, 0.5) is 5.69 Å². The summed E-state index contributed by atoms with van der Waals surface area (Å²) in [7, 11) is -2.19. The number of hydrogen-bond acceptors (Lipinski definition) is 4. The average molecular weight is 378 g/mol. The van der Waals surface area contributed by atoms with Gasteiger partial charge in [-0.3, -0.25) is 4.79 Å². The number of allylic oxidation sites excluding steroid dienone is 2. The first-order valence-electron chi connectivity index (χ1n) is 9.15. The van der Waals surface area contributed by atoms with Crippen LogP contribution in [0.25, 0.3) is 0 Å². The van der Waals surface area contributed by atoms with Crippen LogP contribution in [-0.4, -0.2) is 38.8 Å². The quantitative estimate of drug-likeness (QED) is 0.772. The molecule has 1 aromatic carbocycles. The van der Waals surface area contributed by atoms with Crippen molar-refractivity contribution >= 4 is 21.6 Å². The molecule has 1 N–H and O–H groups in total. The highest BCUT2D eigenvalue weighted by atomic mass is 32.2. The van der Waals surface area contributed by atoms with Crippen LogP contribution in [0, 0.1) is 5.92 Å². The molecule has 0 aromatic heterocycles. The molecule has 1 fully saturated rings. The highest BCUT2D eigenvalue weighted by Crippen LogP contribution is 2.31. The van der Waals surface area contributed by atoms with Crippen molar-refractivity contribution in [3.63, 3.8) is 0 Å². The summed E-state index contributed by atoms with van der Waals surface area (Å²) in [4.78, 5) is 12.4. The van der Waals surface area contributed by atoms with E-state index in [1.165, 1.54) is 17.5 Å². The standard InChI is InChI=1S/C19H26N2O4S/c1-25-17-10-9-16(20-19(22)13-15-7-3-4-8-15)14-18(17)26(23,24)21-11-5-2-6-12-21/h3,7,9-10,14-15H,2,4-6,8,11-13H2,1H3,(H,20,22)/t15-/m0/s1. The lowest BCUT2D eigenvalue weighted by molar-refractivity contribution is -0.116. The fourth-order valence-electron chi connectivity index (χ4n) is 3.52. The fraction of sp³-hybridized carbons (Fsp3) is 0.526. The Morgan fingerprint density at radius 3 is 2.69 bits per heavy atom. The van der Waals surface area contributed by atoms with Gasteiger partial charge < -0.3 is 10.1 Å². The van der Waals surface area contributed by atoms with E-state index in [4.69, 9.17) is 4.74 Å². The summed E-state index contributed by atoms with van der Waals surface area (Å²) in [5.74, 6) is 0.463. The molecule has 6 nitrogen and oxygen atoms in total. The normalized spacial score (nSPS) is 20.9. The number of nitrogens with zero attached hydrogens (tertiary/aromatic N) is 1. The molecule has 0 unspecified atom stereocenters. The van der Waals surface area contributed by atoms with E-state index in [9.17, 15) is 13.2 Å². The summed E-state index contributed by atoms with van der Waals surface area (Å²) in [6.07, 6.45) is 9.36. The van der Waals surface area contributed by atoms with Crippen LogP contribution in [0.1, 0.15) is 38.5 Å². The molecule has 1 amide bonds. The molecule has 1 saturated heterocycles. The summed E-state index contributed by atoms with van der Waals surface area (Å²) < 4.78 is 32.8. The van der Waals surface area contributed by atoms with Crippen LogP contribution < -0.4 is 10.1 Å². The van der Waals surface area contributed by atoms with E-state index >= 15 is 0 Å². The van der Waals surface area contributed by atoms with Gasteiger partial charge in [0.15, 0.2) is 0 Å². The smallest absolute Gasteiger partial charge is 0.246 e. The van der Waals surface area contributed by atoms with Crippen LogP contribution >= 0.6 is 0 Å². The number of hydrogen-bond donors (Lipinski definition) is 1. The van der Waals surface area contributed by atoms with Crippen LogP contribution in [-0.2, 0) is 14.8 Å². The van der Waals surface area contributed by atoms with Crippen molar-refractivity contribution in [1.82, 2.24) is 4.31 Å². The lowest BCUT2D eigenvalue weighted by atomic mass is 10.1. The Bertz CT molecular complexity index is 783. The molecule has 1 aliphatic heterocycles. The van der Waals surface area contributed by atoms with Crippen molar-refractivity contribution in [2.24, 2.45) is 5.92 Å². The first-order valence-corrected chi connectivity index (χ1v) is 10.6. The maximum absolute atomic E-state index is 13.0. The Labute approximate surface area is 155 Å². The van der Waals surface area contributed by atoms with E-state index in [2.05, 4.69) is 17.5 Å². The molecule has 0 saturated carbocycles. The molecule has 0 radical (unpaired) electrons. The molecular weight excluding hydrogens is 352 g/mol. The van der Waals surface area contributed by atoms with Gasteiger partial charge in [0.1, 0.15) is 10.6 Å². The highest BCUT2D eigenvalue weighted by Gasteiger charge is 2.29. The van der Waals surface area contributed by atoms with Gasteiger partial charge in [0.2, 0.25) is 15.9 Å². The first-order chi connectivity index (χ1) is 12.5. The number of nitrogens with one attached hydrogen (secondary N) is 1. The van der Waals surface area contributed by atoms with E-state index < -0.39 is 10.0 Å². The van der Waals surface area contributed by atoms with Crippen molar-refractivity contribution in [3.8, 4) is 5.75 Å². The van der Waals surface area contributed by atoms with Gasteiger partial charge in [-0.1, -0.05) is 18.6 Å². The number of ether oxygens (including phenoxy) is 1. The fourth-order valence-corrected chi connectivity index (χ4v) is 5.21. The largest absolute Gasteiger partial charge is 0.495 e. The predicted molar refractivity (Wildman–Crippen MR) is 101 cm³/mol. The van der Waals surface area contributed by atoms with Gasteiger partial charge in [-0.15, -0.1) is 0 Å². The average Bonchev–Trinajstić information content (AvgIpc) is 3.15. The Morgan fingerprint density at radius 2 is 2.04 bits per heavy atom. The van der Waals surface area contributed by atoms with Crippen molar-refractivity contribution in [2.45, 2.75) is 43.4 Å². The molecule has 0 spiro atoms. The zero-order chi connectivity index (χ0) is 18.6. The van der Waals surface area contributed by atoms with E-state index in [0.29, 0.717) is 30.9 Å². The molecular formula is C19H26N2O4S. The van der Waals surface area contributed by atoms with Crippen molar-refractivity contribution < 1.29 is 17.9 Å². The van der Waals surface area contributed by atoms with Gasteiger partial charge in [0, 0.05) is 25.2 Å². The zero-order valence-electron chi connectivity index (χ0n) is 15.1. The number of rotatable bonds is 6. The van der Waals surface area contributed by atoms with Gasteiger partial charge in [0.25, 0.3) is 0 Å². The van der Waals surface area contributed by atoms with E-state index in [1.807, 2.05) is 0 Å². The number of anilines is 1. The van der Waals surface area contributed by atoms with Crippen LogP contribution in [0.15, 0.2) is 35.2 Å². The van der Waals surface area contributed by atoms with Crippen LogP contribution in [0.2, 0.25) is 0 Å². The number of amides is 1. The van der Waals surface area contributed by atoms with Crippen LogP contribution in [0.3, 0.4) is 0 Å².